The zero-order valence-electron chi connectivity index (χ0n) is 9.86. The van der Waals surface area contributed by atoms with Crippen LogP contribution in [0.15, 0.2) is 42.5 Å². The molecule has 2 aromatic rings. The Labute approximate surface area is 101 Å². The molecule has 0 spiro atoms. The molecule has 0 aliphatic rings. The van der Waals surface area contributed by atoms with Crippen LogP contribution in [0.3, 0.4) is 0 Å². The molecule has 0 atom stereocenters. The van der Waals surface area contributed by atoms with E-state index < -0.39 is 0 Å². The molecular formula is C14H16N2O. The Morgan fingerprint density at radius 2 is 1.88 bits per heavy atom. The fourth-order valence-corrected chi connectivity index (χ4v) is 1.85. The first-order valence-corrected chi connectivity index (χ1v) is 5.69. The minimum atomic E-state index is 0.00485. The third-order valence-corrected chi connectivity index (χ3v) is 2.76. The standard InChI is InChI=1S/C14H16N2O/c1-15-14(17)10-16-9-12-7-4-6-11-5-2-3-8-13(11)12/h2-8,16H,9-10H2,1H3,(H,15,17). The van der Waals surface area contributed by atoms with Crippen molar-refractivity contribution in [1.29, 1.82) is 0 Å². The Kier molecular flexibility index (Phi) is 3.73. The fraction of sp³-hybridized carbons (Fsp3) is 0.214. The van der Waals surface area contributed by atoms with E-state index in [1.807, 2.05) is 18.2 Å². The van der Waals surface area contributed by atoms with Crippen LogP contribution in [-0.4, -0.2) is 19.5 Å². The van der Waals surface area contributed by atoms with Crippen molar-refractivity contribution in [2.75, 3.05) is 13.6 Å². The number of amides is 1. The SMILES string of the molecule is CNC(=O)CNCc1cccc2ccccc12. The van der Waals surface area contributed by atoms with Crippen molar-refractivity contribution in [2.45, 2.75) is 6.54 Å². The minimum Gasteiger partial charge on any atom is -0.358 e. The molecule has 0 aliphatic carbocycles. The normalized spacial score (nSPS) is 10.4. The summed E-state index contributed by atoms with van der Waals surface area (Å²) < 4.78 is 0. The van der Waals surface area contributed by atoms with Crippen LogP contribution in [0.4, 0.5) is 0 Å². The second-order valence-corrected chi connectivity index (χ2v) is 3.92. The highest BCUT2D eigenvalue weighted by Gasteiger charge is 2.01. The molecule has 0 radical (unpaired) electrons. The van der Waals surface area contributed by atoms with Gasteiger partial charge in [-0.2, -0.15) is 0 Å². The fourth-order valence-electron chi connectivity index (χ4n) is 1.85. The number of likely N-dealkylation sites (N-methyl/N-ethyl adjacent to an activating group) is 1. The van der Waals surface area contributed by atoms with Crippen molar-refractivity contribution >= 4 is 16.7 Å². The number of carbonyl (C=O) groups excluding carboxylic acids is 1. The molecular weight excluding hydrogens is 212 g/mol. The largest absolute Gasteiger partial charge is 0.358 e. The number of rotatable bonds is 4. The Morgan fingerprint density at radius 3 is 2.71 bits per heavy atom. The van der Waals surface area contributed by atoms with Crippen molar-refractivity contribution < 1.29 is 4.79 Å². The molecule has 2 aromatic carbocycles. The topological polar surface area (TPSA) is 41.1 Å². The monoisotopic (exact) mass is 228 g/mol. The molecule has 0 saturated carbocycles. The van der Waals surface area contributed by atoms with Gasteiger partial charge >= 0.3 is 0 Å². The van der Waals surface area contributed by atoms with E-state index in [2.05, 4.69) is 34.9 Å². The van der Waals surface area contributed by atoms with E-state index in [0.29, 0.717) is 13.1 Å². The first-order chi connectivity index (χ1) is 8.31. The molecule has 2 rings (SSSR count). The lowest BCUT2D eigenvalue weighted by atomic mass is 10.0. The molecule has 3 nitrogen and oxygen atoms in total. The molecule has 0 heterocycles. The van der Waals surface area contributed by atoms with Crippen LogP contribution in [0, 0.1) is 0 Å². The van der Waals surface area contributed by atoms with Gasteiger partial charge in [-0.25, -0.2) is 0 Å². The predicted octanol–water partition coefficient (Wildman–Crippen LogP) is 1.68. The van der Waals surface area contributed by atoms with Gasteiger partial charge < -0.3 is 10.6 Å². The summed E-state index contributed by atoms with van der Waals surface area (Å²) in [6.07, 6.45) is 0. The van der Waals surface area contributed by atoms with E-state index >= 15 is 0 Å². The number of benzene rings is 2. The van der Waals surface area contributed by atoms with Crippen LogP contribution in [0.25, 0.3) is 10.8 Å². The third-order valence-electron chi connectivity index (χ3n) is 2.76. The molecule has 88 valence electrons. The van der Waals surface area contributed by atoms with Gasteiger partial charge in [0.1, 0.15) is 0 Å². The average Bonchev–Trinajstić information content (AvgIpc) is 2.39. The first-order valence-electron chi connectivity index (χ1n) is 5.69. The third kappa shape index (κ3) is 2.82. The summed E-state index contributed by atoms with van der Waals surface area (Å²) in [5.41, 5.74) is 1.21. The van der Waals surface area contributed by atoms with Crippen molar-refractivity contribution in [2.24, 2.45) is 0 Å². The van der Waals surface area contributed by atoms with Gasteiger partial charge in [-0.05, 0) is 16.3 Å². The van der Waals surface area contributed by atoms with Gasteiger partial charge in [0, 0.05) is 13.6 Å². The predicted molar refractivity (Wildman–Crippen MR) is 69.7 cm³/mol. The van der Waals surface area contributed by atoms with E-state index in [-0.39, 0.29) is 5.91 Å². The van der Waals surface area contributed by atoms with Gasteiger partial charge in [-0.15, -0.1) is 0 Å². The molecule has 0 fully saturated rings. The molecule has 0 aliphatic heterocycles. The summed E-state index contributed by atoms with van der Waals surface area (Å²) in [5.74, 6) is 0.00485. The Hall–Kier alpha value is -1.87. The zero-order chi connectivity index (χ0) is 12.1. The maximum absolute atomic E-state index is 11.1. The van der Waals surface area contributed by atoms with E-state index in [4.69, 9.17) is 0 Å². The molecule has 0 aromatic heterocycles. The number of carbonyl (C=O) groups is 1. The number of hydrogen-bond acceptors (Lipinski definition) is 2. The molecule has 0 bridgehead atoms. The maximum Gasteiger partial charge on any atom is 0.233 e. The second kappa shape index (κ2) is 5.46. The second-order valence-electron chi connectivity index (χ2n) is 3.92. The summed E-state index contributed by atoms with van der Waals surface area (Å²) in [7, 11) is 1.64. The lowest BCUT2D eigenvalue weighted by Crippen LogP contribution is -2.30. The van der Waals surface area contributed by atoms with E-state index in [1.54, 1.807) is 7.05 Å². The molecule has 2 N–H and O–H groups in total. The summed E-state index contributed by atoms with van der Waals surface area (Å²) in [6, 6.07) is 14.5. The lowest BCUT2D eigenvalue weighted by Gasteiger charge is -2.07. The minimum absolute atomic E-state index is 0.00485. The quantitative estimate of drug-likeness (QED) is 0.836. The highest BCUT2D eigenvalue weighted by molar-refractivity contribution is 5.85. The molecule has 0 saturated heterocycles. The van der Waals surface area contributed by atoms with Crippen LogP contribution in [0.2, 0.25) is 0 Å². The van der Waals surface area contributed by atoms with Crippen molar-refractivity contribution in [3.63, 3.8) is 0 Å². The Morgan fingerprint density at radius 1 is 1.12 bits per heavy atom. The number of nitrogens with one attached hydrogen (secondary N) is 2. The molecule has 17 heavy (non-hydrogen) atoms. The number of fused-ring (bicyclic) bond motifs is 1. The van der Waals surface area contributed by atoms with Gasteiger partial charge in [0.15, 0.2) is 0 Å². The number of hydrogen-bond donors (Lipinski definition) is 2. The Bertz CT molecular complexity index is 517. The van der Waals surface area contributed by atoms with Gasteiger partial charge in [-0.1, -0.05) is 42.5 Å². The maximum atomic E-state index is 11.1. The summed E-state index contributed by atoms with van der Waals surface area (Å²) in [5, 5.41) is 8.18. The van der Waals surface area contributed by atoms with Crippen LogP contribution >= 0.6 is 0 Å². The highest BCUT2D eigenvalue weighted by Crippen LogP contribution is 2.17. The van der Waals surface area contributed by atoms with Gasteiger partial charge in [-0.3, -0.25) is 4.79 Å². The van der Waals surface area contributed by atoms with Crippen LogP contribution in [0.5, 0.6) is 0 Å². The molecule has 3 heteroatoms. The van der Waals surface area contributed by atoms with Crippen molar-refractivity contribution in [3.05, 3.63) is 48.0 Å². The van der Waals surface area contributed by atoms with Gasteiger partial charge in [0.25, 0.3) is 0 Å². The van der Waals surface area contributed by atoms with E-state index in [9.17, 15) is 4.79 Å². The average molecular weight is 228 g/mol. The highest BCUT2D eigenvalue weighted by atomic mass is 16.1. The van der Waals surface area contributed by atoms with E-state index in [0.717, 1.165) is 0 Å². The van der Waals surface area contributed by atoms with E-state index in [1.165, 1.54) is 16.3 Å². The van der Waals surface area contributed by atoms with Gasteiger partial charge in [0.05, 0.1) is 6.54 Å². The van der Waals surface area contributed by atoms with Crippen LogP contribution in [-0.2, 0) is 11.3 Å². The molecule has 1 amide bonds. The summed E-state index contributed by atoms with van der Waals surface area (Å²) in [4.78, 5) is 11.1. The molecule has 0 unspecified atom stereocenters. The Balaban J connectivity index is 2.11. The smallest absolute Gasteiger partial charge is 0.233 e. The van der Waals surface area contributed by atoms with Crippen LogP contribution < -0.4 is 10.6 Å². The van der Waals surface area contributed by atoms with Gasteiger partial charge in [0.2, 0.25) is 5.91 Å². The zero-order valence-corrected chi connectivity index (χ0v) is 9.86. The van der Waals surface area contributed by atoms with Crippen molar-refractivity contribution in [3.8, 4) is 0 Å². The van der Waals surface area contributed by atoms with Crippen LogP contribution in [0.1, 0.15) is 5.56 Å². The van der Waals surface area contributed by atoms with Crippen molar-refractivity contribution in [1.82, 2.24) is 10.6 Å². The summed E-state index contributed by atoms with van der Waals surface area (Å²) in [6.45, 7) is 1.05. The lowest BCUT2D eigenvalue weighted by molar-refractivity contribution is -0.119. The first kappa shape index (κ1) is 11.6. The summed E-state index contributed by atoms with van der Waals surface area (Å²) >= 11 is 0.